The van der Waals surface area contributed by atoms with Crippen LogP contribution in [0.25, 0.3) is 0 Å². The molecule has 2 atom stereocenters. The van der Waals surface area contributed by atoms with Gasteiger partial charge in [-0.25, -0.2) is 12.8 Å². The van der Waals surface area contributed by atoms with Crippen molar-refractivity contribution in [3.8, 4) is 0 Å². The maximum Gasteiger partial charge on any atom is 0.264 e. The van der Waals surface area contributed by atoms with Crippen molar-refractivity contribution in [3.05, 3.63) is 59.4 Å². The van der Waals surface area contributed by atoms with Gasteiger partial charge in [-0.05, 0) is 74.2 Å². The van der Waals surface area contributed by atoms with Crippen molar-refractivity contribution in [2.24, 2.45) is 0 Å². The number of carbonyl (C=O) groups is 1. The summed E-state index contributed by atoms with van der Waals surface area (Å²) in [6.45, 7) is 3.02. The van der Waals surface area contributed by atoms with Crippen LogP contribution in [0, 0.1) is 5.82 Å². The third kappa shape index (κ3) is 3.86. The normalized spacial score (nSPS) is 21.2. The van der Waals surface area contributed by atoms with Gasteiger partial charge in [0, 0.05) is 24.8 Å². The van der Waals surface area contributed by atoms with Crippen LogP contribution in [0.1, 0.15) is 35.7 Å². The molecular weight excluding hydrogens is 395 g/mol. The Bertz CT molecular complexity index is 1020. The largest absolute Gasteiger partial charge is 0.376 e. The highest BCUT2D eigenvalue weighted by Crippen LogP contribution is 2.37. The Labute approximate surface area is 169 Å². The molecule has 2 aromatic rings. The van der Waals surface area contributed by atoms with Gasteiger partial charge in [-0.15, -0.1) is 0 Å². The van der Waals surface area contributed by atoms with Gasteiger partial charge in [-0.3, -0.25) is 9.10 Å². The van der Waals surface area contributed by atoms with Crippen LogP contribution in [-0.2, 0) is 21.2 Å². The van der Waals surface area contributed by atoms with Gasteiger partial charge in [0.1, 0.15) is 5.82 Å². The fraction of sp³-hybridized carbons (Fsp3) is 0.381. The van der Waals surface area contributed by atoms with Crippen LogP contribution in [0.15, 0.2) is 47.4 Å². The fourth-order valence-corrected chi connectivity index (χ4v) is 5.64. The number of fused-ring (bicyclic) bond motifs is 1. The van der Waals surface area contributed by atoms with Gasteiger partial charge in [-0.2, -0.15) is 0 Å². The average Bonchev–Trinajstić information content (AvgIpc) is 3.32. The second-order valence-corrected chi connectivity index (χ2v) is 9.31. The lowest BCUT2D eigenvalue weighted by molar-refractivity contribution is 0.0857. The number of carbonyl (C=O) groups excluding carboxylic acids is 1. The summed E-state index contributed by atoms with van der Waals surface area (Å²) in [6, 6.07) is 9.55. The first kappa shape index (κ1) is 19.8. The lowest BCUT2D eigenvalue weighted by Crippen LogP contribution is -2.35. The zero-order chi connectivity index (χ0) is 20.6. The minimum atomic E-state index is -3.82. The SMILES string of the molecule is C[C@H]1Cc2cc(C(=O)NC[C@H]3CCCO3)ccc2N1S(=O)(=O)c1ccc(F)cc1. The molecule has 29 heavy (non-hydrogen) atoms. The molecule has 1 saturated heterocycles. The Kier molecular flexibility index (Phi) is 5.31. The Morgan fingerprint density at radius 1 is 1.24 bits per heavy atom. The molecule has 1 fully saturated rings. The van der Waals surface area contributed by atoms with Crippen molar-refractivity contribution in [3.63, 3.8) is 0 Å². The number of nitrogens with zero attached hydrogens (tertiary/aromatic N) is 1. The molecule has 2 aliphatic heterocycles. The second kappa shape index (κ2) is 7.76. The van der Waals surface area contributed by atoms with Gasteiger partial charge in [0.25, 0.3) is 15.9 Å². The van der Waals surface area contributed by atoms with E-state index in [0.717, 1.165) is 37.1 Å². The molecule has 0 unspecified atom stereocenters. The summed E-state index contributed by atoms with van der Waals surface area (Å²) in [7, 11) is -3.82. The monoisotopic (exact) mass is 418 g/mol. The Balaban J connectivity index is 1.56. The number of amides is 1. The molecule has 8 heteroatoms. The summed E-state index contributed by atoms with van der Waals surface area (Å²) in [5, 5.41) is 2.88. The average molecular weight is 418 g/mol. The number of rotatable bonds is 5. The summed E-state index contributed by atoms with van der Waals surface area (Å²) in [4.78, 5) is 12.5. The minimum absolute atomic E-state index is 0.0389. The molecule has 154 valence electrons. The number of hydrogen-bond acceptors (Lipinski definition) is 4. The summed E-state index contributed by atoms with van der Waals surface area (Å²) in [5.74, 6) is -0.687. The van der Waals surface area contributed by atoms with Crippen LogP contribution in [-0.4, -0.2) is 39.6 Å². The molecule has 1 amide bonds. The minimum Gasteiger partial charge on any atom is -0.376 e. The molecule has 2 heterocycles. The number of sulfonamides is 1. The van der Waals surface area contributed by atoms with E-state index in [-0.39, 0.29) is 22.9 Å². The first-order valence-electron chi connectivity index (χ1n) is 9.69. The van der Waals surface area contributed by atoms with E-state index in [0.29, 0.717) is 24.2 Å². The van der Waals surface area contributed by atoms with E-state index in [1.165, 1.54) is 16.4 Å². The van der Waals surface area contributed by atoms with Crippen molar-refractivity contribution in [1.29, 1.82) is 0 Å². The van der Waals surface area contributed by atoms with Crippen LogP contribution < -0.4 is 9.62 Å². The smallest absolute Gasteiger partial charge is 0.264 e. The highest BCUT2D eigenvalue weighted by molar-refractivity contribution is 7.92. The van der Waals surface area contributed by atoms with Gasteiger partial charge in [0.2, 0.25) is 0 Å². The molecule has 1 N–H and O–H groups in total. The maximum absolute atomic E-state index is 13.2. The molecule has 2 aliphatic rings. The third-order valence-electron chi connectivity index (χ3n) is 5.38. The molecular formula is C21H23FN2O4S. The zero-order valence-corrected chi connectivity index (χ0v) is 16.9. The summed E-state index contributed by atoms with van der Waals surface area (Å²) < 4.78 is 46.3. The summed E-state index contributed by atoms with van der Waals surface area (Å²) in [5.41, 5.74) is 1.85. The lowest BCUT2D eigenvalue weighted by atomic mass is 10.1. The first-order chi connectivity index (χ1) is 13.9. The van der Waals surface area contributed by atoms with Crippen molar-refractivity contribution in [2.45, 2.75) is 43.2 Å². The molecule has 4 rings (SSSR count). The number of nitrogens with one attached hydrogen (secondary N) is 1. The predicted octanol–water partition coefficient (Wildman–Crippen LogP) is 2.87. The standard InChI is InChI=1S/C21H23FN2O4S/c1-14-11-16-12-15(21(25)23-13-18-3-2-10-28-18)4-9-20(16)24(14)29(26,27)19-7-5-17(22)6-8-19/h4-9,12,14,18H,2-3,10-11,13H2,1H3,(H,23,25)/t14-,18+/m0/s1. The van der Waals surface area contributed by atoms with Crippen LogP contribution in [0.3, 0.4) is 0 Å². The number of ether oxygens (including phenoxy) is 1. The Hall–Kier alpha value is -2.45. The first-order valence-corrected chi connectivity index (χ1v) is 11.1. The summed E-state index contributed by atoms with van der Waals surface area (Å²) >= 11 is 0. The molecule has 6 nitrogen and oxygen atoms in total. The topological polar surface area (TPSA) is 75.7 Å². The van der Waals surface area contributed by atoms with E-state index in [4.69, 9.17) is 4.74 Å². The number of halogens is 1. The van der Waals surface area contributed by atoms with E-state index in [9.17, 15) is 17.6 Å². The third-order valence-corrected chi connectivity index (χ3v) is 7.32. The van der Waals surface area contributed by atoms with Crippen LogP contribution >= 0.6 is 0 Å². The van der Waals surface area contributed by atoms with E-state index in [1.54, 1.807) is 18.2 Å². The highest BCUT2D eigenvalue weighted by Gasteiger charge is 2.36. The van der Waals surface area contributed by atoms with Crippen LogP contribution in [0.4, 0.5) is 10.1 Å². The van der Waals surface area contributed by atoms with E-state index in [2.05, 4.69) is 5.32 Å². The molecule has 0 aromatic heterocycles. The van der Waals surface area contributed by atoms with Crippen molar-refractivity contribution < 1.29 is 22.3 Å². The van der Waals surface area contributed by atoms with Crippen LogP contribution in [0.5, 0.6) is 0 Å². The Morgan fingerprint density at radius 3 is 2.69 bits per heavy atom. The quantitative estimate of drug-likeness (QED) is 0.810. The number of anilines is 1. The molecule has 0 spiro atoms. The van der Waals surface area contributed by atoms with Gasteiger partial charge >= 0.3 is 0 Å². The molecule has 0 radical (unpaired) electrons. The van der Waals surface area contributed by atoms with E-state index >= 15 is 0 Å². The van der Waals surface area contributed by atoms with Gasteiger partial charge in [0.05, 0.1) is 16.7 Å². The van der Waals surface area contributed by atoms with Gasteiger partial charge < -0.3 is 10.1 Å². The molecule has 0 bridgehead atoms. The van der Waals surface area contributed by atoms with Crippen molar-refractivity contribution in [2.75, 3.05) is 17.5 Å². The maximum atomic E-state index is 13.2. The van der Waals surface area contributed by atoms with Crippen LogP contribution in [0.2, 0.25) is 0 Å². The number of benzene rings is 2. The second-order valence-electron chi connectivity index (χ2n) is 7.50. The van der Waals surface area contributed by atoms with Crippen molar-refractivity contribution >= 4 is 21.6 Å². The lowest BCUT2D eigenvalue weighted by Gasteiger charge is -2.24. The van der Waals surface area contributed by atoms with Gasteiger partial charge in [0.15, 0.2) is 0 Å². The fourth-order valence-electron chi connectivity index (χ4n) is 3.94. The molecule has 0 saturated carbocycles. The predicted molar refractivity (Wildman–Crippen MR) is 107 cm³/mol. The number of hydrogen-bond donors (Lipinski definition) is 1. The molecule has 2 aromatic carbocycles. The zero-order valence-electron chi connectivity index (χ0n) is 16.1. The molecule has 0 aliphatic carbocycles. The Morgan fingerprint density at radius 2 is 2.00 bits per heavy atom. The summed E-state index contributed by atoms with van der Waals surface area (Å²) in [6.07, 6.45) is 2.51. The highest BCUT2D eigenvalue weighted by atomic mass is 32.2. The van der Waals surface area contributed by atoms with Crippen molar-refractivity contribution in [1.82, 2.24) is 5.32 Å². The van der Waals surface area contributed by atoms with Gasteiger partial charge in [-0.1, -0.05) is 0 Å². The van der Waals surface area contributed by atoms with E-state index in [1.807, 2.05) is 6.92 Å². The van der Waals surface area contributed by atoms with E-state index < -0.39 is 15.8 Å².